The number of rotatable bonds is 3. The van der Waals surface area contributed by atoms with Gasteiger partial charge in [0.2, 0.25) is 0 Å². The van der Waals surface area contributed by atoms with Crippen molar-refractivity contribution in [3.05, 3.63) is 57.4 Å². The molecule has 5 heteroatoms. The van der Waals surface area contributed by atoms with Gasteiger partial charge in [-0.3, -0.25) is 4.79 Å². The lowest BCUT2D eigenvalue weighted by Crippen LogP contribution is -2.11. The summed E-state index contributed by atoms with van der Waals surface area (Å²) in [4.78, 5) is 12.2. The van der Waals surface area contributed by atoms with E-state index in [1.165, 1.54) is 12.3 Å². The fourth-order valence-corrected chi connectivity index (χ4v) is 2.28. The molecule has 0 bridgehead atoms. The van der Waals surface area contributed by atoms with E-state index in [0.717, 1.165) is 0 Å². The molecule has 0 radical (unpaired) electrons. The zero-order valence-corrected chi connectivity index (χ0v) is 11.4. The third kappa shape index (κ3) is 2.33. The number of nitrogens with zero attached hydrogens (tertiary/aromatic N) is 1. The molecular weight excluding hydrogens is 318 g/mol. The highest BCUT2D eigenvalue weighted by molar-refractivity contribution is 9.10. The van der Waals surface area contributed by atoms with Crippen molar-refractivity contribution in [3.63, 3.8) is 0 Å². The maximum absolute atomic E-state index is 12.2. The Morgan fingerprint density at radius 3 is 2.67 bits per heavy atom. The first-order chi connectivity index (χ1) is 8.65. The van der Waals surface area contributed by atoms with Crippen LogP contribution in [0.25, 0.3) is 0 Å². The van der Waals surface area contributed by atoms with E-state index in [4.69, 9.17) is 16.0 Å². The molecule has 1 aromatic heterocycles. The van der Waals surface area contributed by atoms with Gasteiger partial charge in [0.05, 0.1) is 17.9 Å². The monoisotopic (exact) mass is 323 g/mol. The molecule has 0 fully saturated rings. The van der Waals surface area contributed by atoms with Gasteiger partial charge in [0.15, 0.2) is 10.5 Å². The Hall–Kier alpha value is -1.57. The number of benzene rings is 1. The van der Waals surface area contributed by atoms with Gasteiger partial charge in [0.1, 0.15) is 5.92 Å². The highest BCUT2D eigenvalue weighted by Gasteiger charge is 2.26. The number of furan rings is 1. The lowest BCUT2D eigenvalue weighted by molar-refractivity contribution is 0.0977. The molecule has 1 unspecified atom stereocenters. The van der Waals surface area contributed by atoms with Crippen LogP contribution in [0.4, 0.5) is 0 Å². The Kier molecular flexibility index (Phi) is 3.85. The van der Waals surface area contributed by atoms with Gasteiger partial charge in [-0.15, -0.1) is 0 Å². The second-order valence-electron chi connectivity index (χ2n) is 3.56. The van der Waals surface area contributed by atoms with Gasteiger partial charge in [-0.1, -0.05) is 29.8 Å². The fourth-order valence-electron chi connectivity index (χ4n) is 1.60. The molecule has 0 saturated heterocycles. The van der Waals surface area contributed by atoms with Crippen molar-refractivity contribution in [3.8, 4) is 6.07 Å². The second-order valence-corrected chi connectivity index (χ2v) is 4.68. The van der Waals surface area contributed by atoms with Crippen LogP contribution in [0.3, 0.4) is 0 Å². The van der Waals surface area contributed by atoms with E-state index in [0.29, 0.717) is 20.8 Å². The summed E-state index contributed by atoms with van der Waals surface area (Å²) in [6, 6.07) is 10.3. The van der Waals surface area contributed by atoms with Gasteiger partial charge in [0.25, 0.3) is 0 Å². The van der Waals surface area contributed by atoms with Crippen LogP contribution in [0, 0.1) is 11.3 Å². The summed E-state index contributed by atoms with van der Waals surface area (Å²) in [5, 5.41) is 9.59. The van der Waals surface area contributed by atoms with Gasteiger partial charge in [0, 0.05) is 5.02 Å². The summed E-state index contributed by atoms with van der Waals surface area (Å²) in [7, 11) is 0. The summed E-state index contributed by atoms with van der Waals surface area (Å²) in [5.41, 5.74) is 0.834. The smallest absolute Gasteiger partial charge is 0.188 e. The maximum atomic E-state index is 12.2. The number of carbonyl (C=O) groups excluding carboxylic acids is 1. The second kappa shape index (κ2) is 5.38. The van der Waals surface area contributed by atoms with E-state index in [1.807, 2.05) is 6.07 Å². The molecule has 0 spiro atoms. The van der Waals surface area contributed by atoms with E-state index < -0.39 is 5.92 Å². The topological polar surface area (TPSA) is 54.0 Å². The van der Waals surface area contributed by atoms with Crippen molar-refractivity contribution in [2.45, 2.75) is 5.92 Å². The number of hydrogen-bond acceptors (Lipinski definition) is 3. The zero-order chi connectivity index (χ0) is 13.1. The van der Waals surface area contributed by atoms with Crippen molar-refractivity contribution in [1.29, 1.82) is 5.26 Å². The third-order valence-corrected chi connectivity index (χ3v) is 3.45. The number of nitriles is 1. The van der Waals surface area contributed by atoms with Gasteiger partial charge in [-0.25, -0.2) is 0 Å². The minimum absolute atomic E-state index is 0.319. The molecule has 0 aliphatic heterocycles. The van der Waals surface area contributed by atoms with Gasteiger partial charge in [-0.2, -0.15) is 5.26 Å². The Balaban J connectivity index is 2.43. The van der Waals surface area contributed by atoms with Crippen LogP contribution in [0.15, 0.2) is 45.7 Å². The van der Waals surface area contributed by atoms with Crippen LogP contribution in [-0.4, -0.2) is 5.78 Å². The summed E-state index contributed by atoms with van der Waals surface area (Å²) in [5.74, 6) is -1.28. The van der Waals surface area contributed by atoms with Crippen LogP contribution in [0.2, 0.25) is 5.02 Å². The van der Waals surface area contributed by atoms with Crippen LogP contribution < -0.4 is 0 Å². The molecule has 2 rings (SSSR count). The molecule has 0 aliphatic rings. The first kappa shape index (κ1) is 12.9. The number of ketones is 1. The Labute approximate surface area is 117 Å². The van der Waals surface area contributed by atoms with E-state index in [2.05, 4.69) is 15.9 Å². The first-order valence-electron chi connectivity index (χ1n) is 5.06. The lowest BCUT2D eigenvalue weighted by atomic mass is 9.93. The Morgan fingerprint density at radius 1 is 1.39 bits per heavy atom. The minimum atomic E-state index is -0.937. The van der Waals surface area contributed by atoms with Crippen molar-refractivity contribution in [2.75, 3.05) is 0 Å². The normalized spacial score (nSPS) is 11.8. The Morgan fingerprint density at radius 2 is 2.11 bits per heavy atom. The number of carbonyl (C=O) groups is 1. The summed E-state index contributed by atoms with van der Waals surface area (Å²) >= 11 is 9.13. The highest BCUT2D eigenvalue weighted by Crippen LogP contribution is 2.29. The summed E-state index contributed by atoms with van der Waals surface area (Å²) < 4.78 is 5.32. The van der Waals surface area contributed by atoms with Crippen LogP contribution >= 0.6 is 27.5 Å². The quantitative estimate of drug-likeness (QED) is 0.796. The number of hydrogen-bond donors (Lipinski definition) is 0. The molecule has 3 nitrogen and oxygen atoms in total. The average molecular weight is 325 g/mol. The predicted octanol–water partition coefficient (Wildman–Crippen LogP) is 4.19. The molecular formula is C13H7BrClNO2. The first-order valence-corrected chi connectivity index (χ1v) is 6.23. The van der Waals surface area contributed by atoms with Crippen molar-refractivity contribution >= 4 is 33.3 Å². The molecule has 1 atom stereocenters. The maximum Gasteiger partial charge on any atom is 0.188 e. The SMILES string of the molecule is N#CC(C(=O)c1ccoc1Br)c1ccccc1Cl. The van der Waals surface area contributed by atoms with Crippen molar-refractivity contribution in [1.82, 2.24) is 0 Å². The van der Waals surface area contributed by atoms with Crippen molar-refractivity contribution in [2.24, 2.45) is 0 Å². The molecule has 0 aliphatic carbocycles. The van der Waals surface area contributed by atoms with Crippen LogP contribution in [0.5, 0.6) is 0 Å². The summed E-state index contributed by atoms with van der Waals surface area (Å²) in [6.45, 7) is 0. The van der Waals surface area contributed by atoms with E-state index >= 15 is 0 Å². The third-order valence-electron chi connectivity index (χ3n) is 2.49. The molecule has 1 aromatic carbocycles. The number of halogens is 2. The lowest BCUT2D eigenvalue weighted by Gasteiger charge is -2.09. The minimum Gasteiger partial charge on any atom is -0.457 e. The van der Waals surface area contributed by atoms with Gasteiger partial charge >= 0.3 is 0 Å². The van der Waals surface area contributed by atoms with Gasteiger partial charge in [-0.05, 0) is 33.6 Å². The molecule has 18 heavy (non-hydrogen) atoms. The fraction of sp³-hybridized carbons (Fsp3) is 0.0769. The van der Waals surface area contributed by atoms with E-state index in [9.17, 15) is 10.1 Å². The zero-order valence-electron chi connectivity index (χ0n) is 9.06. The number of Topliss-reactive ketones (excluding diaryl/α,β-unsaturated/α-hetero) is 1. The van der Waals surface area contributed by atoms with E-state index in [-0.39, 0.29) is 5.78 Å². The molecule has 1 heterocycles. The van der Waals surface area contributed by atoms with Crippen LogP contribution in [-0.2, 0) is 0 Å². The van der Waals surface area contributed by atoms with E-state index in [1.54, 1.807) is 24.3 Å². The summed E-state index contributed by atoms with van der Waals surface area (Å²) in [6.07, 6.45) is 1.39. The Bertz CT molecular complexity index is 630. The molecule has 0 amide bonds. The largest absolute Gasteiger partial charge is 0.457 e. The predicted molar refractivity (Wildman–Crippen MR) is 70.5 cm³/mol. The standard InChI is InChI=1S/C13H7BrClNO2/c14-13-9(5-6-18-13)12(17)10(7-16)8-3-1-2-4-11(8)15/h1-6,10H. The van der Waals surface area contributed by atoms with Crippen molar-refractivity contribution < 1.29 is 9.21 Å². The molecule has 0 saturated carbocycles. The molecule has 2 aromatic rings. The van der Waals surface area contributed by atoms with Gasteiger partial charge < -0.3 is 4.42 Å². The molecule has 90 valence electrons. The average Bonchev–Trinajstić information content (AvgIpc) is 2.78. The molecule has 0 N–H and O–H groups in total. The van der Waals surface area contributed by atoms with Crippen LogP contribution in [0.1, 0.15) is 21.8 Å². The highest BCUT2D eigenvalue weighted by atomic mass is 79.9.